The van der Waals surface area contributed by atoms with E-state index in [2.05, 4.69) is 0 Å². The van der Waals surface area contributed by atoms with Crippen LogP contribution < -0.4 is 15.4 Å². The van der Waals surface area contributed by atoms with Crippen LogP contribution >= 0.6 is 0 Å². The Hall–Kier alpha value is -3.79. The number of primary amides is 1. The van der Waals surface area contributed by atoms with Gasteiger partial charge in [0.15, 0.2) is 17.1 Å². The largest absolute Gasteiger partial charge is 0.490 e. The molecule has 0 aromatic heterocycles. The van der Waals surface area contributed by atoms with Crippen LogP contribution in [-0.4, -0.2) is 41.3 Å². The van der Waals surface area contributed by atoms with Crippen LogP contribution in [-0.2, 0) is 15.2 Å². The molecule has 2 amide bonds. The first-order chi connectivity index (χ1) is 13.7. The van der Waals surface area contributed by atoms with Gasteiger partial charge in [0.25, 0.3) is 5.91 Å². The van der Waals surface area contributed by atoms with Gasteiger partial charge in [0, 0.05) is 17.2 Å². The van der Waals surface area contributed by atoms with E-state index in [4.69, 9.17) is 10.5 Å². The van der Waals surface area contributed by atoms with Gasteiger partial charge in [-0.25, -0.2) is 0 Å². The number of nitrogens with two attached hydrogens (primary N) is 1. The lowest BCUT2D eigenvalue weighted by Crippen LogP contribution is -2.44. The van der Waals surface area contributed by atoms with E-state index in [0.29, 0.717) is 0 Å². The van der Waals surface area contributed by atoms with E-state index in [-0.39, 0.29) is 22.6 Å². The Morgan fingerprint density at radius 1 is 1.28 bits per heavy atom. The molecular formula is C19H17N3O7. The zero-order chi connectivity index (χ0) is 21.3. The Kier molecular flexibility index (Phi) is 5.04. The van der Waals surface area contributed by atoms with Crippen LogP contribution in [0.4, 0.5) is 11.4 Å². The molecule has 0 saturated heterocycles. The predicted octanol–water partition coefficient (Wildman–Crippen LogP) is 0.896. The quantitative estimate of drug-likeness (QED) is 0.398. The van der Waals surface area contributed by atoms with Crippen LogP contribution in [0.15, 0.2) is 42.5 Å². The van der Waals surface area contributed by atoms with Gasteiger partial charge >= 0.3 is 5.69 Å². The fourth-order valence-electron chi connectivity index (χ4n) is 3.33. The summed E-state index contributed by atoms with van der Waals surface area (Å²) in [6, 6.07) is 9.78. The van der Waals surface area contributed by atoms with Crippen molar-refractivity contribution < 1.29 is 29.2 Å². The third-order valence-corrected chi connectivity index (χ3v) is 4.67. The number of benzene rings is 2. The highest BCUT2D eigenvalue weighted by Gasteiger charge is 2.51. The summed E-state index contributed by atoms with van der Waals surface area (Å²) < 4.78 is 4.90. The minimum absolute atomic E-state index is 0.0276. The Balaban J connectivity index is 1.98. The van der Waals surface area contributed by atoms with Gasteiger partial charge in [0.1, 0.15) is 6.54 Å². The molecule has 1 aliphatic rings. The number of methoxy groups -OCH3 is 1. The smallest absolute Gasteiger partial charge is 0.311 e. The molecule has 0 fully saturated rings. The van der Waals surface area contributed by atoms with Crippen molar-refractivity contribution in [3.8, 4) is 5.75 Å². The lowest BCUT2D eigenvalue weighted by Gasteiger charge is -2.22. The van der Waals surface area contributed by atoms with Crippen LogP contribution in [0.5, 0.6) is 5.75 Å². The molecule has 0 spiro atoms. The number of para-hydroxylation sites is 1. The molecule has 1 aliphatic heterocycles. The normalized spacial score (nSPS) is 17.7. The minimum atomic E-state index is -2.22. The summed E-state index contributed by atoms with van der Waals surface area (Å²) >= 11 is 0. The summed E-state index contributed by atoms with van der Waals surface area (Å²) in [5.74, 6) is -2.37. The number of carbonyl (C=O) groups excluding carboxylic acids is 3. The van der Waals surface area contributed by atoms with Crippen molar-refractivity contribution in [2.75, 3.05) is 18.6 Å². The van der Waals surface area contributed by atoms with Crippen LogP contribution in [0, 0.1) is 10.1 Å². The van der Waals surface area contributed by atoms with Gasteiger partial charge in [0.2, 0.25) is 5.91 Å². The van der Waals surface area contributed by atoms with Gasteiger partial charge in [-0.15, -0.1) is 0 Å². The second kappa shape index (κ2) is 7.32. The zero-order valence-corrected chi connectivity index (χ0v) is 15.3. The van der Waals surface area contributed by atoms with E-state index in [1.807, 2.05) is 0 Å². The van der Waals surface area contributed by atoms with E-state index in [0.717, 1.165) is 11.0 Å². The molecular weight excluding hydrogens is 382 g/mol. The average molecular weight is 399 g/mol. The predicted molar refractivity (Wildman–Crippen MR) is 100 cm³/mol. The van der Waals surface area contributed by atoms with Crippen molar-refractivity contribution in [2.45, 2.75) is 12.0 Å². The summed E-state index contributed by atoms with van der Waals surface area (Å²) in [6.07, 6.45) is -0.665. The van der Waals surface area contributed by atoms with Crippen molar-refractivity contribution >= 4 is 29.0 Å². The maximum atomic E-state index is 12.8. The van der Waals surface area contributed by atoms with Gasteiger partial charge in [-0.3, -0.25) is 29.4 Å². The molecule has 2 aromatic carbocycles. The van der Waals surface area contributed by atoms with Gasteiger partial charge in [0.05, 0.1) is 24.1 Å². The van der Waals surface area contributed by atoms with Crippen molar-refractivity contribution in [3.63, 3.8) is 0 Å². The maximum absolute atomic E-state index is 12.8. The van der Waals surface area contributed by atoms with Gasteiger partial charge in [-0.2, -0.15) is 0 Å². The molecule has 1 heterocycles. The number of hydrogen-bond donors (Lipinski definition) is 2. The molecule has 0 bridgehead atoms. The molecule has 10 nitrogen and oxygen atoms in total. The monoisotopic (exact) mass is 399 g/mol. The number of Topliss-reactive ketones (excluding diaryl/α,β-unsaturated/α-hetero) is 1. The number of nitrogens with zero attached hydrogens (tertiary/aromatic N) is 2. The SMILES string of the molecule is COc1ccc(C(=O)C[C@]2(O)C(=O)N(CC(N)=O)c3ccccc32)cc1[N+](=O)[O-]. The summed E-state index contributed by atoms with van der Waals surface area (Å²) in [7, 11) is 1.26. The van der Waals surface area contributed by atoms with Crippen molar-refractivity contribution in [1.82, 2.24) is 0 Å². The number of ketones is 1. The molecule has 3 N–H and O–H groups in total. The first-order valence-electron chi connectivity index (χ1n) is 8.47. The molecule has 0 saturated carbocycles. The standard InChI is InChI=1S/C19H17N3O7/c1-29-16-7-6-11(8-14(16)22(27)28)15(23)9-19(26)12-4-2-3-5-13(12)21(18(19)25)10-17(20)24/h2-8,26H,9-10H2,1H3,(H2,20,24)/t19-/m1/s1. The molecule has 0 radical (unpaired) electrons. The summed E-state index contributed by atoms with van der Waals surface area (Å²) in [6.45, 7) is -0.458. The second-order valence-electron chi connectivity index (χ2n) is 6.48. The molecule has 1 atom stereocenters. The number of hydrogen-bond acceptors (Lipinski definition) is 7. The number of aliphatic hydroxyl groups is 1. The average Bonchev–Trinajstić information content (AvgIpc) is 2.89. The number of anilines is 1. The minimum Gasteiger partial charge on any atom is -0.490 e. The Labute approximate surface area is 164 Å². The Morgan fingerprint density at radius 3 is 2.59 bits per heavy atom. The second-order valence-corrected chi connectivity index (χ2v) is 6.48. The summed E-state index contributed by atoms with van der Waals surface area (Å²) in [5.41, 5.74) is 2.91. The van der Waals surface area contributed by atoms with Crippen LogP contribution in [0.3, 0.4) is 0 Å². The number of rotatable bonds is 7. The molecule has 3 rings (SSSR count). The number of fused-ring (bicyclic) bond motifs is 1. The Morgan fingerprint density at radius 2 is 1.97 bits per heavy atom. The number of nitro groups is 1. The number of ether oxygens (including phenoxy) is 1. The summed E-state index contributed by atoms with van der Waals surface area (Å²) in [4.78, 5) is 48.5. The topological polar surface area (TPSA) is 153 Å². The molecule has 0 aliphatic carbocycles. The number of nitro benzene ring substituents is 1. The van der Waals surface area contributed by atoms with E-state index < -0.39 is 46.8 Å². The van der Waals surface area contributed by atoms with E-state index in [1.54, 1.807) is 12.1 Å². The lowest BCUT2D eigenvalue weighted by atomic mass is 9.88. The third kappa shape index (κ3) is 3.41. The molecule has 150 valence electrons. The van der Waals surface area contributed by atoms with Crippen LogP contribution in [0.1, 0.15) is 22.3 Å². The van der Waals surface area contributed by atoms with Crippen molar-refractivity contribution in [3.05, 3.63) is 63.7 Å². The first kappa shape index (κ1) is 20.0. The highest BCUT2D eigenvalue weighted by Crippen LogP contribution is 2.43. The van der Waals surface area contributed by atoms with E-state index >= 15 is 0 Å². The van der Waals surface area contributed by atoms with Crippen molar-refractivity contribution in [2.24, 2.45) is 5.73 Å². The van der Waals surface area contributed by atoms with E-state index in [1.165, 1.54) is 31.4 Å². The van der Waals surface area contributed by atoms with Gasteiger partial charge < -0.3 is 15.6 Å². The molecule has 0 unspecified atom stereocenters. The van der Waals surface area contributed by atoms with Crippen LogP contribution in [0.2, 0.25) is 0 Å². The Bertz CT molecular complexity index is 1040. The highest BCUT2D eigenvalue weighted by atomic mass is 16.6. The summed E-state index contributed by atoms with van der Waals surface area (Å²) in [5, 5.41) is 22.3. The maximum Gasteiger partial charge on any atom is 0.311 e. The fraction of sp³-hybridized carbons (Fsp3) is 0.211. The lowest BCUT2D eigenvalue weighted by molar-refractivity contribution is -0.385. The zero-order valence-electron chi connectivity index (χ0n) is 15.3. The molecule has 2 aromatic rings. The van der Waals surface area contributed by atoms with Gasteiger partial charge in [-0.1, -0.05) is 18.2 Å². The number of carbonyl (C=O) groups is 3. The van der Waals surface area contributed by atoms with E-state index in [9.17, 15) is 29.6 Å². The fourth-order valence-corrected chi connectivity index (χ4v) is 3.33. The molecule has 10 heteroatoms. The first-order valence-corrected chi connectivity index (χ1v) is 8.47. The molecule has 29 heavy (non-hydrogen) atoms. The highest BCUT2D eigenvalue weighted by molar-refractivity contribution is 6.12. The van der Waals surface area contributed by atoms with Crippen LogP contribution in [0.25, 0.3) is 0 Å². The van der Waals surface area contributed by atoms with Gasteiger partial charge in [-0.05, 0) is 18.2 Å². The number of amides is 2. The van der Waals surface area contributed by atoms with Crippen molar-refractivity contribution in [1.29, 1.82) is 0 Å². The third-order valence-electron chi connectivity index (χ3n) is 4.67.